The van der Waals surface area contributed by atoms with Gasteiger partial charge in [-0.1, -0.05) is 6.08 Å². The molecule has 4 heteroatoms. The first-order valence-corrected chi connectivity index (χ1v) is 4.21. The predicted octanol–water partition coefficient (Wildman–Crippen LogP) is 0.969. The van der Waals surface area contributed by atoms with E-state index < -0.39 is 24.0 Å². The maximum Gasteiger partial charge on any atom is 0.345 e. The van der Waals surface area contributed by atoms with Crippen LogP contribution in [0, 0.1) is 5.92 Å². The van der Waals surface area contributed by atoms with Gasteiger partial charge in [0.25, 0.3) is 0 Å². The lowest BCUT2D eigenvalue weighted by molar-refractivity contribution is -0.196. The summed E-state index contributed by atoms with van der Waals surface area (Å²) in [5.74, 6) is -1.89. The van der Waals surface area contributed by atoms with Crippen LogP contribution in [0.3, 0.4) is 0 Å². The van der Waals surface area contributed by atoms with Gasteiger partial charge in [-0.25, -0.2) is 4.79 Å². The summed E-state index contributed by atoms with van der Waals surface area (Å²) >= 11 is 0. The Labute approximate surface area is 76.2 Å². The van der Waals surface area contributed by atoms with E-state index in [0.29, 0.717) is 6.42 Å². The highest BCUT2D eigenvalue weighted by molar-refractivity contribution is 5.90. The molecule has 0 bridgehead atoms. The molecule has 0 aromatic rings. The topological polar surface area (TPSA) is 63.6 Å². The average molecular weight is 184 g/mol. The molecule has 0 spiro atoms. The Morgan fingerprint density at radius 1 is 1.69 bits per heavy atom. The summed E-state index contributed by atoms with van der Waals surface area (Å²) in [6, 6.07) is 0. The molecular formula is C9H12O4. The Balaban J connectivity index is 2.34. The Hall–Kier alpha value is -1.32. The normalized spacial score (nSPS) is 26.0. The third kappa shape index (κ3) is 2.08. The molecule has 13 heavy (non-hydrogen) atoms. The highest BCUT2D eigenvalue weighted by Crippen LogP contribution is 2.27. The van der Waals surface area contributed by atoms with Crippen LogP contribution in [0.15, 0.2) is 12.7 Å². The maximum atomic E-state index is 10.8. The summed E-state index contributed by atoms with van der Waals surface area (Å²) in [5, 5.41) is 8.58. The zero-order chi connectivity index (χ0) is 9.84. The molecule has 4 nitrogen and oxygen atoms in total. The second kappa shape index (κ2) is 4.07. The zero-order valence-corrected chi connectivity index (χ0v) is 7.23. The summed E-state index contributed by atoms with van der Waals surface area (Å²) < 4.78 is 4.48. The number of ether oxygens (including phenoxy) is 1. The van der Waals surface area contributed by atoms with Crippen molar-refractivity contribution in [3.8, 4) is 0 Å². The fourth-order valence-electron chi connectivity index (χ4n) is 1.32. The zero-order valence-electron chi connectivity index (χ0n) is 7.23. The van der Waals surface area contributed by atoms with E-state index in [9.17, 15) is 9.59 Å². The Morgan fingerprint density at radius 3 is 2.85 bits per heavy atom. The van der Waals surface area contributed by atoms with Crippen LogP contribution in [-0.2, 0) is 14.3 Å². The maximum absolute atomic E-state index is 10.8. The van der Waals surface area contributed by atoms with E-state index in [2.05, 4.69) is 11.3 Å². The van der Waals surface area contributed by atoms with Crippen molar-refractivity contribution >= 4 is 11.9 Å². The summed E-state index contributed by atoms with van der Waals surface area (Å²) in [6.45, 7) is 3.54. The molecule has 1 saturated heterocycles. The number of hydrogen-bond donors (Lipinski definition) is 1. The summed E-state index contributed by atoms with van der Waals surface area (Å²) in [5.41, 5.74) is 0. The lowest BCUT2D eigenvalue weighted by Gasteiger charge is -2.31. The average Bonchev–Trinajstić information content (AvgIpc) is 2.07. The predicted molar refractivity (Wildman–Crippen MR) is 45.1 cm³/mol. The minimum absolute atomic E-state index is 0.392. The minimum Gasteiger partial charge on any atom is -0.478 e. The van der Waals surface area contributed by atoms with E-state index in [1.807, 2.05) is 0 Å². The van der Waals surface area contributed by atoms with Crippen molar-refractivity contribution in [2.75, 3.05) is 0 Å². The minimum atomic E-state index is -1.05. The van der Waals surface area contributed by atoms with Gasteiger partial charge in [-0.3, -0.25) is 4.79 Å². The van der Waals surface area contributed by atoms with Gasteiger partial charge in [0.05, 0.1) is 0 Å². The molecule has 0 radical (unpaired) electrons. The summed E-state index contributed by atoms with van der Waals surface area (Å²) in [7, 11) is 0. The van der Waals surface area contributed by atoms with Gasteiger partial charge >= 0.3 is 11.9 Å². The fourth-order valence-corrected chi connectivity index (χ4v) is 1.32. The summed E-state index contributed by atoms with van der Waals surface area (Å²) in [4.78, 5) is 21.3. The van der Waals surface area contributed by atoms with Crippen molar-refractivity contribution in [2.45, 2.75) is 25.4 Å². The Kier molecular flexibility index (Phi) is 3.06. The van der Waals surface area contributed by atoms with Gasteiger partial charge in [-0.2, -0.15) is 0 Å². The standard InChI is InChI=1S/C9H12O4/c1-2-3-4-5-6-7(8(10)11)13-9(6)12/h2,6-7H,1,3-5H2,(H,10,11)/t6-,7+/m1/s1. The van der Waals surface area contributed by atoms with Gasteiger partial charge in [0.1, 0.15) is 5.92 Å². The van der Waals surface area contributed by atoms with E-state index in [4.69, 9.17) is 5.11 Å². The van der Waals surface area contributed by atoms with Crippen LogP contribution in [0.1, 0.15) is 19.3 Å². The van der Waals surface area contributed by atoms with Crippen molar-refractivity contribution < 1.29 is 19.4 Å². The highest BCUT2D eigenvalue weighted by atomic mass is 16.6. The third-order valence-electron chi connectivity index (χ3n) is 2.08. The lowest BCUT2D eigenvalue weighted by Crippen LogP contribution is -2.49. The molecule has 72 valence electrons. The lowest BCUT2D eigenvalue weighted by atomic mass is 9.91. The molecule has 1 N–H and O–H groups in total. The van der Waals surface area contributed by atoms with E-state index >= 15 is 0 Å². The van der Waals surface area contributed by atoms with Crippen LogP contribution in [0.4, 0.5) is 0 Å². The van der Waals surface area contributed by atoms with Gasteiger partial charge in [-0.15, -0.1) is 6.58 Å². The van der Waals surface area contributed by atoms with Gasteiger partial charge in [-0.05, 0) is 19.3 Å². The van der Waals surface area contributed by atoms with E-state index in [1.165, 1.54) is 0 Å². The van der Waals surface area contributed by atoms with Crippen LogP contribution in [0.2, 0.25) is 0 Å². The number of hydrogen-bond acceptors (Lipinski definition) is 3. The molecule has 1 fully saturated rings. The fraction of sp³-hybridized carbons (Fsp3) is 0.556. The molecule has 0 saturated carbocycles. The monoisotopic (exact) mass is 184 g/mol. The van der Waals surface area contributed by atoms with Crippen LogP contribution >= 0.6 is 0 Å². The van der Waals surface area contributed by atoms with E-state index in [1.54, 1.807) is 6.08 Å². The molecule has 1 aliphatic heterocycles. The van der Waals surface area contributed by atoms with Gasteiger partial charge in [0, 0.05) is 0 Å². The third-order valence-corrected chi connectivity index (χ3v) is 2.08. The number of esters is 1. The van der Waals surface area contributed by atoms with Crippen molar-refractivity contribution in [3.05, 3.63) is 12.7 Å². The van der Waals surface area contributed by atoms with Crippen molar-refractivity contribution in [3.63, 3.8) is 0 Å². The molecule has 0 aromatic heterocycles. The first-order chi connectivity index (χ1) is 6.16. The number of unbranched alkanes of at least 4 members (excludes halogenated alkanes) is 1. The molecule has 2 atom stereocenters. The van der Waals surface area contributed by atoms with Crippen LogP contribution in [-0.4, -0.2) is 23.1 Å². The Bertz CT molecular complexity index is 234. The van der Waals surface area contributed by atoms with E-state index in [-0.39, 0.29) is 0 Å². The number of carbonyl (C=O) groups is 2. The second-order valence-electron chi connectivity index (χ2n) is 3.02. The quantitative estimate of drug-likeness (QED) is 0.393. The van der Waals surface area contributed by atoms with Crippen LogP contribution < -0.4 is 0 Å². The van der Waals surface area contributed by atoms with Crippen LogP contribution in [0.5, 0.6) is 0 Å². The number of rotatable bonds is 5. The van der Waals surface area contributed by atoms with Gasteiger partial charge in [0.2, 0.25) is 6.10 Å². The van der Waals surface area contributed by atoms with Gasteiger partial charge in [0.15, 0.2) is 0 Å². The molecule has 1 rings (SSSR count). The molecule has 0 amide bonds. The molecule has 0 aliphatic carbocycles. The molecular weight excluding hydrogens is 172 g/mol. The van der Waals surface area contributed by atoms with Gasteiger partial charge < -0.3 is 9.84 Å². The Morgan fingerprint density at radius 2 is 2.38 bits per heavy atom. The number of carboxylic acids is 1. The molecule has 0 unspecified atom stereocenters. The number of carboxylic acid groups (broad SMARTS) is 1. The van der Waals surface area contributed by atoms with Crippen molar-refractivity contribution in [2.24, 2.45) is 5.92 Å². The number of allylic oxidation sites excluding steroid dienone is 1. The highest BCUT2D eigenvalue weighted by Gasteiger charge is 2.46. The largest absolute Gasteiger partial charge is 0.478 e. The first-order valence-electron chi connectivity index (χ1n) is 4.21. The second-order valence-corrected chi connectivity index (χ2v) is 3.02. The van der Waals surface area contributed by atoms with Crippen molar-refractivity contribution in [1.82, 2.24) is 0 Å². The number of cyclic esters (lactones) is 1. The molecule has 1 heterocycles. The number of aliphatic carboxylic acids is 1. The van der Waals surface area contributed by atoms with Crippen LogP contribution in [0.25, 0.3) is 0 Å². The van der Waals surface area contributed by atoms with Crippen molar-refractivity contribution in [1.29, 1.82) is 0 Å². The first kappa shape index (κ1) is 9.77. The number of carbonyl (C=O) groups excluding carboxylic acids is 1. The molecule has 0 aromatic carbocycles. The molecule has 1 aliphatic rings. The van der Waals surface area contributed by atoms with E-state index in [0.717, 1.165) is 12.8 Å². The summed E-state index contributed by atoms with van der Waals surface area (Å²) in [6.07, 6.45) is 2.99. The smallest absolute Gasteiger partial charge is 0.345 e. The SMILES string of the molecule is C=CCCC[C@H]1C(=O)O[C@@H]1C(=O)O.